The van der Waals surface area contributed by atoms with Crippen LogP contribution in [0.15, 0.2) is 0 Å². The summed E-state index contributed by atoms with van der Waals surface area (Å²) in [5, 5.41) is 43.1. The van der Waals surface area contributed by atoms with Gasteiger partial charge in [-0.3, -0.25) is 4.79 Å². The molecule has 0 aromatic heterocycles. The molecule has 0 bridgehead atoms. The fourth-order valence-electron chi connectivity index (χ4n) is 0.602. The minimum atomic E-state index is -4.64. The molecule has 0 radical (unpaired) electrons. The highest BCUT2D eigenvalue weighted by molar-refractivity contribution is 7.45. The second kappa shape index (κ2) is 8.64. The molecule has 0 rings (SSSR count). The van der Waals surface area contributed by atoms with Gasteiger partial charge in [0, 0.05) is 0 Å². The van der Waals surface area contributed by atoms with Crippen LogP contribution in [0.2, 0.25) is 0 Å². The maximum absolute atomic E-state index is 10.5. The van der Waals surface area contributed by atoms with E-state index in [1.807, 2.05) is 0 Å². The van der Waals surface area contributed by atoms with Crippen LogP contribution in [0.4, 0.5) is 0 Å². The number of hydrogen-bond donors (Lipinski definition) is 8. The van der Waals surface area contributed by atoms with Crippen LogP contribution in [0, 0.1) is 0 Å². The monoisotopic (exact) mass is 278 g/mol. The molecule has 3 atom stereocenters. The predicted octanol–water partition coefficient (Wildman–Crippen LogP) is -4.31. The number of rotatable bonds is 5. The molecule has 104 valence electrons. The Bertz CT molecular complexity index is 253. The average molecular weight is 278 g/mol. The summed E-state index contributed by atoms with van der Waals surface area (Å²) >= 11 is 0. The molecule has 11 heteroatoms. The third kappa shape index (κ3) is 11.8. The van der Waals surface area contributed by atoms with Crippen LogP contribution in [-0.4, -0.2) is 77.5 Å². The molecule has 0 saturated carbocycles. The zero-order chi connectivity index (χ0) is 14.2. The van der Waals surface area contributed by atoms with Crippen molar-refractivity contribution in [3.8, 4) is 0 Å². The molecule has 0 spiro atoms. The van der Waals surface area contributed by atoms with E-state index in [0.717, 1.165) is 0 Å². The van der Waals surface area contributed by atoms with Crippen LogP contribution in [0.3, 0.4) is 0 Å². The molecular weight excluding hydrogens is 263 g/mol. The van der Waals surface area contributed by atoms with Gasteiger partial charge in [0.25, 0.3) is 0 Å². The normalized spacial score (nSPS) is 16.5. The van der Waals surface area contributed by atoms with Crippen molar-refractivity contribution in [1.29, 1.82) is 0 Å². The van der Waals surface area contributed by atoms with E-state index in [2.05, 4.69) is 0 Å². The number of aliphatic hydroxyl groups excluding tert-OH is 5. The molecule has 3 unspecified atom stereocenters. The minimum Gasteiger partial charge on any atom is -0.394 e. The Hall–Kier alpha value is -0.420. The highest BCUT2D eigenvalue weighted by Crippen LogP contribution is 2.25. The van der Waals surface area contributed by atoms with Crippen molar-refractivity contribution in [1.82, 2.24) is 0 Å². The number of phosphoric acid groups is 1. The van der Waals surface area contributed by atoms with E-state index in [0.29, 0.717) is 0 Å². The lowest BCUT2D eigenvalue weighted by Crippen LogP contribution is -2.44. The number of carbonyl (C=O) groups excluding carboxylic acids is 1. The molecule has 0 amide bonds. The van der Waals surface area contributed by atoms with Gasteiger partial charge in [-0.1, -0.05) is 0 Å². The standard InChI is InChI=1S/C6H12O6.H3O4P/c7-1-3(9)5(11)6(12)4(10)2-8;1-5(2,3)4/h3,5-9,11-12H,1-2H2;(H3,1,2,3,4). The number of carbonyl (C=O) groups is 1. The van der Waals surface area contributed by atoms with Crippen LogP contribution in [-0.2, 0) is 9.36 Å². The molecule has 0 aromatic carbocycles. The number of aliphatic hydroxyl groups is 5. The average Bonchev–Trinajstić information content (AvgIpc) is 2.22. The molecule has 0 heterocycles. The first kappa shape index (κ1) is 18.9. The lowest BCUT2D eigenvalue weighted by Gasteiger charge is -2.19. The number of Topliss-reactive ketones (excluding diaryl/α,β-unsaturated/α-hetero) is 1. The second-order valence-electron chi connectivity index (χ2n) is 2.82. The Morgan fingerprint density at radius 1 is 1.06 bits per heavy atom. The third-order valence-electron chi connectivity index (χ3n) is 1.39. The van der Waals surface area contributed by atoms with Crippen LogP contribution in [0.1, 0.15) is 0 Å². The van der Waals surface area contributed by atoms with Gasteiger partial charge >= 0.3 is 7.82 Å². The van der Waals surface area contributed by atoms with Crippen molar-refractivity contribution in [3.63, 3.8) is 0 Å². The van der Waals surface area contributed by atoms with E-state index in [4.69, 9.17) is 44.8 Å². The summed E-state index contributed by atoms with van der Waals surface area (Å²) in [5.74, 6) is -1.00. The van der Waals surface area contributed by atoms with Crippen LogP contribution in [0.25, 0.3) is 0 Å². The summed E-state index contributed by atoms with van der Waals surface area (Å²) in [6, 6.07) is 0. The third-order valence-corrected chi connectivity index (χ3v) is 1.39. The summed E-state index contributed by atoms with van der Waals surface area (Å²) in [6.45, 7) is -1.69. The molecule has 10 nitrogen and oxygen atoms in total. The summed E-state index contributed by atoms with van der Waals surface area (Å²) < 4.78 is 8.88. The molecule has 8 N–H and O–H groups in total. The van der Waals surface area contributed by atoms with Gasteiger partial charge in [0.05, 0.1) is 6.61 Å². The molecule has 0 aromatic rings. The topological polar surface area (TPSA) is 196 Å². The Labute approximate surface area is 95.6 Å². The molecule has 17 heavy (non-hydrogen) atoms. The predicted molar refractivity (Wildman–Crippen MR) is 51.5 cm³/mol. The first-order valence-electron chi connectivity index (χ1n) is 4.11. The van der Waals surface area contributed by atoms with E-state index in [9.17, 15) is 4.79 Å². The van der Waals surface area contributed by atoms with E-state index < -0.39 is 45.1 Å². The van der Waals surface area contributed by atoms with Gasteiger partial charge in [-0.2, -0.15) is 0 Å². The SMILES string of the molecule is O=C(CO)C(O)C(O)C(O)CO.O=P(O)(O)O. The largest absolute Gasteiger partial charge is 0.466 e. The Morgan fingerprint density at radius 2 is 1.41 bits per heavy atom. The molecular formula is C6H15O10P. The second-order valence-corrected chi connectivity index (χ2v) is 3.85. The van der Waals surface area contributed by atoms with Gasteiger partial charge in [0.2, 0.25) is 0 Å². The van der Waals surface area contributed by atoms with Crippen molar-refractivity contribution in [2.24, 2.45) is 0 Å². The van der Waals surface area contributed by atoms with Gasteiger partial charge in [0.1, 0.15) is 24.9 Å². The lowest BCUT2D eigenvalue weighted by molar-refractivity contribution is -0.142. The zero-order valence-electron chi connectivity index (χ0n) is 8.49. The van der Waals surface area contributed by atoms with Gasteiger partial charge in [-0.15, -0.1) is 0 Å². The summed E-state index contributed by atoms with van der Waals surface area (Å²) in [6.07, 6.45) is -5.22. The molecule has 0 aliphatic heterocycles. The Balaban J connectivity index is 0. The maximum atomic E-state index is 10.5. The van der Waals surface area contributed by atoms with E-state index in [1.54, 1.807) is 0 Å². The highest BCUT2D eigenvalue weighted by Gasteiger charge is 2.28. The Morgan fingerprint density at radius 3 is 1.65 bits per heavy atom. The quantitative estimate of drug-likeness (QED) is 0.228. The van der Waals surface area contributed by atoms with Crippen molar-refractivity contribution in [2.75, 3.05) is 13.2 Å². The molecule has 0 aliphatic carbocycles. The first-order chi connectivity index (χ1) is 7.54. The smallest absolute Gasteiger partial charge is 0.394 e. The van der Waals surface area contributed by atoms with Gasteiger partial charge in [-0.25, -0.2) is 4.57 Å². The van der Waals surface area contributed by atoms with Crippen molar-refractivity contribution in [3.05, 3.63) is 0 Å². The molecule has 0 aliphatic rings. The van der Waals surface area contributed by atoms with E-state index in [1.165, 1.54) is 0 Å². The summed E-state index contributed by atoms with van der Waals surface area (Å²) in [7, 11) is -4.64. The van der Waals surface area contributed by atoms with Crippen molar-refractivity contribution < 1.29 is 49.6 Å². The maximum Gasteiger partial charge on any atom is 0.466 e. The van der Waals surface area contributed by atoms with Gasteiger partial charge in [0.15, 0.2) is 5.78 Å². The number of hydrogen-bond acceptors (Lipinski definition) is 7. The fourth-order valence-corrected chi connectivity index (χ4v) is 0.602. The van der Waals surface area contributed by atoms with Crippen LogP contribution < -0.4 is 0 Å². The van der Waals surface area contributed by atoms with Gasteiger partial charge < -0.3 is 40.2 Å². The molecule has 0 fully saturated rings. The zero-order valence-corrected chi connectivity index (χ0v) is 9.38. The minimum absolute atomic E-state index is 0.767. The van der Waals surface area contributed by atoms with E-state index >= 15 is 0 Å². The Kier molecular flexibility index (Phi) is 9.62. The van der Waals surface area contributed by atoms with Gasteiger partial charge in [-0.05, 0) is 0 Å². The van der Waals surface area contributed by atoms with Crippen molar-refractivity contribution >= 4 is 13.6 Å². The lowest BCUT2D eigenvalue weighted by atomic mass is 10.1. The van der Waals surface area contributed by atoms with E-state index in [-0.39, 0.29) is 0 Å². The van der Waals surface area contributed by atoms with Crippen LogP contribution >= 0.6 is 7.82 Å². The van der Waals surface area contributed by atoms with Crippen LogP contribution in [0.5, 0.6) is 0 Å². The summed E-state index contributed by atoms with van der Waals surface area (Å²) in [4.78, 5) is 32.1. The van der Waals surface area contributed by atoms with Crippen molar-refractivity contribution in [2.45, 2.75) is 18.3 Å². The fraction of sp³-hybridized carbons (Fsp3) is 0.833. The molecule has 0 saturated heterocycles. The highest BCUT2D eigenvalue weighted by atomic mass is 31.2. The first-order valence-corrected chi connectivity index (χ1v) is 5.68. The number of ketones is 1. The summed E-state index contributed by atoms with van der Waals surface area (Å²) in [5.41, 5.74) is 0.